The zero-order valence-electron chi connectivity index (χ0n) is 12.4. The molecule has 1 aromatic carbocycles. The van der Waals surface area contributed by atoms with Gasteiger partial charge in [-0.15, -0.1) is 0 Å². The lowest BCUT2D eigenvalue weighted by molar-refractivity contribution is 0.0988. The first-order valence-electron chi connectivity index (χ1n) is 6.78. The van der Waals surface area contributed by atoms with Gasteiger partial charge in [0.15, 0.2) is 0 Å². The minimum atomic E-state index is -0.111. The highest BCUT2D eigenvalue weighted by atomic mass is 35.5. The highest BCUT2D eigenvalue weighted by Crippen LogP contribution is 2.23. The van der Waals surface area contributed by atoms with Gasteiger partial charge in [-0.1, -0.05) is 23.7 Å². The number of aromatic nitrogens is 1. The lowest BCUT2D eigenvalue weighted by atomic mass is 10.1. The zero-order valence-corrected chi connectivity index (χ0v) is 13.1. The monoisotopic (exact) mass is 303 g/mol. The third-order valence-corrected chi connectivity index (χ3v) is 3.49. The van der Waals surface area contributed by atoms with Crippen LogP contribution in [0.4, 0.5) is 11.5 Å². The molecule has 1 N–H and O–H groups in total. The molecule has 0 saturated carbocycles. The molecule has 110 valence electrons. The molecule has 2 aromatic rings. The Labute approximate surface area is 129 Å². The van der Waals surface area contributed by atoms with Crippen LogP contribution in [0, 0.1) is 6.92 Å². The van der Waals surface area contributed by atoms with Crippen LogP contribution in [0.1, 0.15) is 22.8 Å². The van der Waals surface area contributed by atoms with Crippen LogP contribution in [0.5, 0.6) is 0 Å². The Morgan fingerprint density at radius 1 is 1.38 bits per heavy atom. The van der Waals surface area contributed by atoms with Gasteiger partial charge in [-0.2, -0.15) is 0 Å². The smallest absolute Gasteiger partial charge is 0.259 e. The summed E-state index contributed by atoms with van der Waals surface area (Å²) in [5.74, 6) is 0.451. The molecule has 5 heteroatoms. The first kappa shape index (κ1) is 15.3. The van der Waals surface area contributed by atoms with Crippen LogP contribution in [0.2, 0.25) is 5.02 Å². The Kier molecular flexibility index (Phi) is 4.81. The first-order chi connectivity index (χ1) is 10.1. The number of aryl methyl sites for hydroxylation is 1. The van der Waals surface area contributed by atoms with Crippen molar-refractivity contribution in [1.29, 1.82) is 0 Å². The molecule has 0 aliphatic carbocycles. The third kappa shape index (κ3) is 3.34. The molecule has 0 unspecified atom stereocenters. The second kappa shape index (κ2) is 6.59. The molecule has 0 saturated heterocycles. The molecule has 0 spiro atoms. The van der Waals surface area contributed by atoms with Gasteiger partial charge in [-0.3, -0.25) is 4.79 Å². The van der Waals surface area contributed by atoms with Gasteiger partial charge in [0, 0.05) is 25.5 Å². The molecule has 1 heterocycles. The number of halogens is 1. The fourth-order valence-corrected chi connectivity index (χ4v) is 2.39. The van der Waals surface area contributed by atoms with Crippen molar-refractivity contribution in [3.8, 4) is 0 Å². The molecule has 4 nitrogen and oxygen atoms in total. The van der Waals surface area contributed by atoms with Crippen LogP contribution in [-0.4, -0.2) is 24.5 Å². The fourth-order valence-electron chi connectivity index (χ4n) is 2.13. The van der Waals surface area contributed by atoms with Crippen molar-refractivity contribution in [2.75, 3.05) is 23.8 Å². The Morgan fingerprint density at radius 2 is 2.14 bits per heavy atom. The van der Waals surface area contributed by atoms with Crippen LogP contribution in [0.25, 0.3) is 0 Å². The Balaban J connectivity index is 2.34. The van der Waals surface area contributed by atoms with Crippen molar-refractivity contribution in [2.45, 2.75) is 13.8 Å². The Bertz CT molecular complexity index is 658. The standard InChI is InChI=1S/C16H18ClN3O/c1-4-20(13-7-5-6-11(2)8-13)16(21)12-9-14(17)15(18-3)19-10-12/h5-10H,4H2,1-3H3,(H,18,19). The van der Waals surface area contributed by atoms with Crippen molar-refractivity contribution < 1.29 is 4.79 Å². The van der Waals surface area contributed by atoms with Crippen molar-refractivity contribution in [3.63, 3.8) is 0 Å². The molecule has 0 atom stereocenters. The first-order valence-corrected chi connectivity index (χ1v) is 7.16. The van der Waals surface area contributed by atoms with E-state index in [1.165, 1.54) is 0 Å². The van der Waals surface area contributed by atoms with E-state index in [0.29, 0.717) is 22.9 Å². The van der Waals surface area contributed by atoms with E-state index >= 15 is 0 Å². The normalized spacial score (nSPS) is 10.3. The van der Waals surface area contributed by atoms with Crippen LogP contribution < -0.4 is 10.2 Å². The molecule has 21 heavy (non-hydrogen) atoms. The highest BCUT2D eigenvalue weighted by Gasteiger charge is 2.17. The number of hydrogen-bond acceptors (Lipinski definition) is 3. The summed E-state index contributed by atoms with van der Waals surface area (Å²) in [7, 11) is 1.74. The van der Waals surface area contributed by atoms with Crippen LogP contribution >= 0.6 is 11.6 Å². The number of anilines is 2. The second-order valence-electron chi connectivity index (χ2n) is 4.69. The van der Waals surface area contributed by atoms with Crippen LogP contribution in [0.15, 0.2) is 36.5 Å². The molecule has 2 rings (SSSR count). The molecular formula is C16H18ClN3O. The number of carbonyl (C=O) groups is 1. The highest BCUT2D eigenvalue weighted by molar-refractivity contribution is 6.33. The summed E-state index contributed by atoms with van der Waals surface area (Å²) in [6.07, 6.45) is 1.54. The summed E-state index contributed by atoms with van der Waals surface area (Å²) in [6, 6.07) is 9.49. The second-order valence-corrected chi connectivity index (χ2v) is 5.10. The van der Waals surface area contributed by atoms with Gasteiger partial charge < -0.3 is 10.2 Å². The van der Waals surface area contributed by atoms with Gasteiger partial charge in [0.25, 0.3) is 5.91 Å². The minimum Gasteiger partial charge on any atom is -0.372 e. The summed E-state index contributed by atoms with van der Waals surface area (Å²) in [5.41, 5.74) is 2.46. The van der Waals surface area contributed by atoms with Gasteiger partial charge in [0.05, 0.1) is 10.6 Å². The molecule has 1 aromatic heterocycles. The predicted octanol–water partition coefficient (Wildman–Crippen LogP) is 3.75. The maximum atomic E-state index is 12.6. The number of hydrogen-bond donors (Lipinski definition) is 1. The molecule has 0 aliphatic rings. The summed E-state index contributed by atoms with van der Waals surface area (Å²) in [4.78, 5) is 18.5. The number of benzene rings is 1. The Morgan fingerprint density at radius 3 is 2.71 bits per heavy atom. The van der Waals surface area contributed by atoms with E-state index in [1.54, 1.807) is 24.2 Å². The van der Waals surface area contributed by atoms with E-state index < -0.39 is 0 Å². The molecular weight excluding hydrogens is 286 g/mol. The average Bonchev–Trinajstić information content (AvgIpc) is 2.48. The summed E-state index contributed by atoms with van der Waals surface area (Å²) >= 11 is 6.10. The number of nitrogens with zero attached hydrogens (tertiary/aromatic N) is 2. The van der Waals surface area contributed by atoms with Gasteiger partial charge in [-0.05, 0) is 37.6 Å². The van der Waals surface area contributed by atoms with Gasteiger partial charge in [-0.25, -0.2) is 4.98 Å². The minimum absolute atomic E-state index is 0.111. The third-order valence-electron chi connectivity index (χ3n) is 3.20. The maximum absolute atomic E-state index is 12.6. The van der Waals surface area contributed by atoms with E-state index in [1.807, 2.05) is 38.1 Å². The van der Waals surface area contributed by atoms with Gasteiger partial charge >= 0.3 is 0 Å². The van der Waals surface area contributed by atoms with Crippen molar-refractivity contribution in [2.24, 2.45) is 0 Å². The molecule has 0 bridgehead atoms. The lowest BCUT2D eigenvalue weighted by Crippen LogP contribution is -2.30. The predicted molar refractivity (Wildman–Crippen MR) is 87.3 cm³/mol. The number of nitrogens with one attached hydrogen (secondary N) is 1. The molecule has 1 amide bonds. The van der Waals surface area contributed by atoms with E-state index in [9.17, 15) is 4.79 Å². The van der Waals surface area contributed by atoms with Crippen LogP contribution in [-0.2, 0) is 0 Å². The SMILES string of the molecule is CCN(C(=O)c1cnc(NC)c(Cl)c1)c1cccc(C)c1. The fraction of sp³-hybridized carbons (Fsp3) is 0.250. The molecule has 0 aliphatic heterocycles. The largest absolute Gasteiger partial charge is 0.372 e. The topological polar surface area (TPSA) is 45.2 Å². The van der Waals surface area contributed by atoms with Crippen LogP contribution in [0.3, 0.4) is 0 Å². The summed E-state index contributed by atoms with van der Waals surface area (Å²) in [5, 5.41) is 3.31. The van der Waals surface area contributed by atoms with Gasteiger partial charge in [0.2, 0.25) is 0 Å². The maximum Gasteiger partial charge on any atom is 0.259 e. The van der Waals surface area contributed by atoms with Gasteiger partial charge in [0.1, 0.15) is 5.82 Å². The van der Waals surface area contributed by atoms with E-state index in [4.69, 9.17) is 11.6 Å². The summed E-state index contributed by atoms with van der Waals surface area (Å²) in [6.45, 7) is 4.52. The zero-order chi connectivity index (χ0) is 15.4. The summed E-state index contributed by atoms with van der Waals surface area (Å²) < 4.78 is 0. The van der Waals surface area contributed by atoms with E-state index in [2.05, 4.69) is 10.3 Å². The Hall–Kier alpha value is -2.07. The van der Waals surface area contributed by atoms with Crippen molar-refractivity contribution >= 4 is 29.0 Å². The van der Waals surface area contributed by atoms with Crippen molar-refractivity contribution in [1.82, 2.24) is 4.98 Å². The number of amides is 1. The molecule has 0 fully saturated rings. The van der Waals surface area contributed by atoms with Crippen molar-refractivity contribution in [3.05, 3.63) is 52.7 Å². The van der Waals surface area contributed by atoms with E-state index in [-0.39, 0.29) is 5.91 Å². The average molecular weight is 304 g/mol. The van der Waals surface area contributed by atoms with E-state index in [0.717, 1.165) is 11.3 Å². The molecule has 0 radical (unpaired) electrons. The number of rotatable bonds is 4. The number of pyridine rings is 1. The quantitative estimate of drug-likeness (QED) is 0.935. The lowest BCUT2D eigenvalue weighted by Gasteiger charge is -2.21. The number of carbonyl (C=O) groups excluding carboxylic acids is 1.